The number of nitrogens with zero attached hydrogens (tertiary/aromatic N) is 2. The van der Waals surface area contributed by atoms with E-state index in [4.69, 9.17) is 4.98 Å². The summed E-state index contributed by atoms with van der Waals surface area (Å²) >= 11 is 1.68. The zero-order valence-electron chi connectivity index (χ0n) is 14.3. The highest BCUT2D eigenvalue weighted by Crippen LogP contribution is 2.31. The maximum Gasteiger partial charge on any atom is 0.260 e. The third kappa shape index (κ3) is 3.43. The van der Waals surface area contributed by atoms with E-state index in [9.17, 15) is 9.59 Å². The lowest BCUT2D eigenvalue weighted by molar-refractivity contribution is 0.0705. The predicted molar refractivity (Wildman–Crippen MR) is 95.9 cm³/mol. The average Bonchev–Trinajstić information content (AvgIpc) is 3.05. The molecule has 0 spiro atoms. The number of nitrogens with one attached hydrogen (secondary N) is 1. The molecule has 1 saturated heterocycles. The van der Waals surface area contributed by atoms with E-state index in [1.54, 1.807) is 35.3 Å². The lowest BCUT2D eigenvalue weighted by Crippen LogP contribution is -2.41. The van der Waals surface area contributed by atoms with Crippen LogP contribution in [0.25, 0.3) is 0 Å². The summed E-state index contributed by atoms with van der Waals surface area (Å²) in [6.07, 6.45) is 1.98. The molecule has 6 heteroatoms. The molecule has 0 aliphatic carbocycles. The SMILES string of the molecule is Cc1ccc(C(=O)N2CCC[C@@H](c3nc(C(C)C)cs3)C2)c(=O)[nH]1. The van der Waals surface area contributed by atoms with Crippen LogP contribution in [0, 0.1) is 6.92 Å². The number of aryl methyl sites for hydroxylation is 1. The van der Waals surface area contributed by atoms with Gasteiger partial charge in [-0.25, -0.2) is 4.98 Å². The zero-order valence-corrected chi connectivity index (χ0v) is 15.2. The molecule has 0 saturated carbocycles. The second-order valence-electron chi connectivity index (χ2n) is 6.74. The average molecular weight is 345 g/mol. The first-order valence-electron chi connectivity index (χ1n) is 8.40. The number of rotatable bonds is 3. The maximum absolute atomic E-state index is 12.7. The number of hydrogen-bond acceptors (Lipinski definition) is 4. The van der Waals surface area contributed by atoms with E-state index >= 15 is 0 Å². The molecule has 1 aliphatic heterocycles. The van der Waals surface area contributed by atoms with Crippen LogP contribution in [-0.2, 0) is 0 Å². The Morgan fingerprint density at radius 2 is 2.21 bits per heavy atom. The molecule has 1 N–H and O–H groups in total. The largest absolute Gasteiger partial charge is 0.338 e. The van der Waals surface area contributed by atoms with Crippen LogP contribution in [0.4, 0.5) is 0 Å². The van der Waals surface area contributed by atoms with Gasteiger partial charge in [0.25, 0.3) is 11.5 Å². The fraction of sp³-hybridized carbons (Fsp3) is 0.500. The number of amides is 1. The molecule has 128 valence electrons. The van der Waals surface area contributed by atoms with Gasteiger partial charge in [-0.15, -0.1) is 11.3 Å². The Morgan fingerprint density at radius 3 is 2.88 bits per heavy atom. The molecule has 3 heterocycles. The van der Waals surface area contributed by atoms with Gasteiger partial charge in [0, 0.05) is 30.1 Å². The number of piperidine rings is 1. The summed E-state index contributed by atoms with van der Waals surface area (Å²) in [5.74, 6) is 0.508. The predicted octanol–water partition coefficient (Wildman–Crippen LogP) is 3.28. The molecule has 0 radical (unpaired) electrons. The smallest absolute Gasteiger partial charge is 0.260 e. The molecule has 24 heavy (non-hydrogen) atoms. The Bertz CT molecular complexity index is 794. The summed E-state index contributed by atoms with van der Waals surface area (Å²) in [4.78, 5) is 34.0. The van der Waals surface area contributed by atoms with Gasteiger partial charge in [-0.1, -0.05) is 13.8 Å². The number of thiazole rings is 1. The minimum absolute atomic E-state index is 0.179. The van der Waals surface area contributed by atoms with Crippen molar-refractivity contribution in [3.05, 3.63) is 49.8 Å². The summed E-state index contributed by atoms with van der Waals surface area (Å²) in [6.45, 7) is 7.42. The molecular formula is C18H23N3O2S. The lowest BCUT2D eigenvalue weighted by Gasteiger charge is -2.31. The van der Waals surface area contributed by atoms with E-state index in [-0.39, 0.29) is 22.9 Å². The number of aromatic nitrogens is 2. The molecule has 1 atom stereocenters. The lowest BCUT2D eigenvalue weighted by atomic mass is 9.98. The number of aromatic amines is 1. The Morgan fingerprint density at radius 1 is 1.42 bits per heavy atom. The minimum Gasteiger partial charge on any atom is -0.338 e. The molecular weight excluding hydrogens is 322 g/mol. The highest BCUT2D eigenvalue weighted by Gasteiger charge is 2.28. The molecule has 1 fully saturated rings. The molecule has 5 nitrogen and oxygen atoms in total. The number of hydrogen-bond donors (Lipinski definition) is 1. The van der Waals surface area contributed by atoms with Crippen molar-refractivity contribution in [1.29, 1.82) is 0 Å². The zero-order chi connectivity index (χ0) is 17.3. The number of H-pyrrole nitrogens is 1. The molecule has 3 rings (SSSR count). The van der Waals surface area contributed by atoms with Gasteiger partial charge in [0.1, 0.15) is 5.56 Å². The van der Waals surface area contributed by atoms with Crippen LogP contribution in [0.2, 0.25) is 0 Å². The van der Waals surface area contributed by atoms with Gasteiger partial charge in [-0.3, -0.25) is 9.59 Å². The third-order valence-corrected chi connectivity index (χ3v) is 5.50. The maximum atomic E-state index is 12.7. The van der Waals surface area contributed by atoms with Crippen LogP contribution in [0.3, 0.4) is 0 Å². The highest BCUT2D eigenvalue weighted by molar-refractivity contribution is 7.09. The van der Waals surface area contributed by atoms with Gasteiger partial charge in [0.2, 0.25) is 0 Å². The van der Waals surface area contributed by atoms with E-state index in [2.05, 4.69) is 24.2 Å². The first-order chi connectivity index (χ1) is 11.5. The van der Waals surface area contributed by atoms with E-state index in [0.717, 1.165) is 29.2 Å². The Balaban J connectivity index is 1.77. The normalized spacial score (nSPS) is 18.2. The Hall–Kier alpha value is -1.95. The molecule has 0 bridgehead atoms. The second kappa shape index (κ2) is 6.89. The standard InChI is InChI=1S/C18H23N3O2S/c1-11(2)15-10-24-17(20-15)13-5-4-8-21(9-13)18(23)14-7-6-12(3)19-16(14)22/h6-7,10-11,13H,4-5,8-9H2,1-3H3,(H,19,22)/t13-/m1/s1. The van der Waals surface area contributed by atoms with Crippen LogP contribution in [-0.4, -0.2) is 33.9 Å². The summed E-state index contributed by atoms with van der Waals surface area (Å²) in [5.41, 5.74) is 1.80. The van der Waals surface area contributed by atoms with Crippen molar-refractivity contribution in [3.63, 3.8) is 0 Å². The monoisotopic (exact) mass is 345 g/mol. The number of pyridine rings is 1. The number of carbonyl (C=O) groups is 1. The van der Waals surface area contributed by atoms with Gasteiger partial charge < -0.3 is 9.88 Å². The second-order valence-corrected chi connectivity index (χ2v) is 7.63. The summed E-state index contributed by atoms with van der Waals surface area (Å²) in [5, 5.41) is 3.22. The van der Waals surface area contributed by atoms with E-state index < -0.39 is 0 Å². The van der Waals surface area contributed by atoms with E-state index in [0.29, 0.717) is 19.0 Å². The highest BCUT2D eigenvalue weighted by atomic mass is 32.1. The van der Waals surface area contributed by atoms with Crippen molar-refractivity contribution in [2.24, 2.45) is 0 Å². The fourth-order valence-electron chi connectivity index (χ4n) is 3.03. The van der Waals surface area contributed by atoms with Gasteiger partial charge in [-0.05, 0) is 37.8 Å². The molecule has 2 aromatic rings. The third-order valence-electron chi connectivity index (χ3n) is 4.47. The molecule has 0 aromatic carbocycles. The van der Waals surface area contributed by atoms with Crippen molar-refractivity contribution in [2.45, 2.75) is 45.4 Å². The van der Waals surface area contributed by atoms with Crippen LogP contribution in [0.1, 0.15) is 65.3 Å². The van der Waals surface area contributed by atoms with Crippen molar-refractivity contribution in [1.82, 2.24) is 14.9 Å². The van der Waals surface area contributed by atoms with E-state index in [1.165, 1.54) is 0 Å². The van der Waals surface area contributed by atoms with Crippen LogP contribution in [0.15, 0.2) is 22.3 Å². The van der Waals surface area contributed by atoms with Gasteiger partial charge in [0.05, 0.1) is 10.7 Å². The van der Waals surface area contributed by atoms with E-state index in [1.807, 2.05) is 0 Å². The molecule has 2 aromatic heterocycles. The molecule has 1 amide bonds. The molecule has 0 unspecified atom stereocenters. The van der Waals surface area contributed by atoms with Crippen LogP contribution in [0.5, 0.6) is 0 Å². The van der Waals surface area contributed by atoms with Crippen molar-refractivity contribution in [2.75, 3.05) is 13.1 Å². The van der Waals surface area contributed by atoms with Crippen molar-refractivity contribution < 1.29 is 4.79 Å². The fourth-order valence-corrected chi connectivity index (χ4v) is 4.14. The van der Waals surface area contributed by atoms with Crippen LogP contribution < -0.4 is 5.56 Å². The van der Waals surface area contributed by atoms with Gasteiger partial charge in [0.15, 0.2) is 0 Å². The minimum atomic E-state index is -0.307. The Kier molecular flexibility index (Phi) is 4.85. The topological polar surface area (TPSA) is 66.1 Å². The first-order valence-corrected chi connectivity index (χ1v) is 9.28. The van der Waals surface area contributed by atoms with Crippen molar-refractivity contribution in [3.8, 4) is 0 Å². The summed E-state index contributed by atoms with van der Waals surface area (Å²) < 4.78 is 0. The Labute approximate surface area is 145 Å². The quantitative estimate of drug-likeness (QED) is 0.928. The summed E-state index contributed by atoms with van der Waals surface area (Å²) in [7, 11) is 0. The summed E-state index contributed by atoms with van der Waals surface area (Å²) in [6, 6.07) is 3.40. The van der Waals surface area contributed by atoms with Crippen molar-refractivity contribution >= 4 is 17.2 Å². The van der Waals surface area contributed by atoms with Gasteiger partial charge in [-0.2, -0.15) is 0 Å². The number of likely N-dealkylation sites (tertiary alicyclic amines) is 1. The van der Waals surface area contributed by atoms with Gasteiger partial charge >= 0.3 is 0 Å². The number of carbonyl (C=O) groups excluding carboxylic acids is 1. The van der Waals surface area contributed by atoms with Crippen LogP contribution >= 0.6 is 11.3 Å². The first kappa shape index (κ1) is 16.9. The molecule has 1 aliphatic rings.